The highest BCUT2D eigenvalue weighted by Gasteiger charge is 2.37. The lowest BCUT2D eigenvalue weighted by Gasteiger charge is -2.38. The van der Waals surface area contributed by atoms with Crippen molar-refractivity contribution in [2.75, 3.05) is 13.2 Å². The van der Waals surface area contributed by atoms with Crippen molar-refractivity contribution in [3.05, 3.63) is 22.4 Å². The summed E-state index contributed by atoms with van der Waals surface area (Å²) in [6.07, 6.45) is 2.57. The molecule has 0 amide bonds. The van der Waals surface area contributed by atoms with Crippen molar-refractivity contribution >= 4 is 21.5 Å². The fourth-order valence-electron chi connectivity index (χ4n) is 2.68. The first kappa shape index (κ1) is 16.9. The van der Waals surface area contributed by atoms with Gasteiger partial charge in [0.05, 0.1) is 6.61 Å². The number of nitrogens with zero attached hydrogens (tertiary/aromatic N) is 2. The summed E-state index contributed by atoms with van der Waals surface area (Å²) in [5, 5.41) is 11.4. The first-order chi connectivity index (χ1) is 9.96. The van der Waals surface area contributed by atoms with E-state index in [0.717, 1.165) is 24.1 Å². The Morgan fingerprint density at radius 1 is 1.48 bits per heavy atom. The van der Waals surface area contributed by atoms with Gasteiger partial charge in [-0.1, -0.05) is 12.5 Å². The zero-order valence-corrected chi connectivity index (χ0v) is 14.2. The van der Waals surface area contributed by atoms with Crippen molar-refractivity contribution in [2.45, 2.75) is 51.7 Å². The van der Waals surface area contributed by atoms with Gasteiger partial charge < -0.3 is 5.11 Å². The number of hydrogen-bond acceptors (Lipinski definition) is 4. The molecule has 1 atom stereocenters. The molecule has 1 aromatic rings. The van der Waals surface area contributed by atoms with Crippen LogP contribution in [-0.4, -0.2) is 47.4 Å². The van der Waals surface area contributed by atoms with Crippen LogP contribution in [0.15, 0.2) is 17.5 Å². The van der Waals surface area contributed by atoms with Crippen LogP contribution in [0.4, 0.5) is 0 Å². The van der Waals surface area contributed by atoms with Crippen LogP contribution in [0, 0.1) is 0 Å². The van der Waals surface area contributed by atoms with Gasteiger partial charge in [-0.2, -0.15) is 17.0 Å². The highest BCUT2D eigenvalue weighted by molar-refractivity contribution is 7.86. The summed E-state index contributed by atoms with van der Waals surface area (Å²) in [4.78, 5) is 1.03. The zero-order valence-electron chi connectivity index (χ0n) is 12.6. The second-order valence-electron chi connectivity index (χ2n) is 5.67. The minimum Gasteiger partial charge on any atom is -0.395 e. The van der Waals surface area contributed by atoms with Crippen molar-refractivity contribution in [2.24, 2.45) is 0 Å². The van der Waals surface area contributed by atoms with Crippen LogP contribution in [0.2, 0.25) is 0 Å². The van der Waals surface area contributed by atoms with Crippen molar-refractivity contribution in [3.8, 4) is 0 Å². The number of aliphatic hydroxyl groups is 1. The number of piperidine rings is 1. The molecule has 5 nitrogen and oxygen atoms in total. The molecule has 21 heavy (non-hydrogen) atoms. The summed E-state index contributed by atoms with van der Waals surface area (Å²) in [5.74, 6) is 0. The van der Waals surface area contributed by atoms with Crippen molar-refractivity contribution in [1.82, 2.24) is 8.61 Å². The predicted molar refractivity (Wildman–Crippen MR) is 85.3 cm³/mol. The molecule has 1 fully saturated rings. The van der Waals surface area contributed by atoms with Crippen LogP contribution < -0.4 is 0 Å². The van der Waals surface area contributed by atoms with Crippen LogP contribution in [0.5, 0.6) is 0 Å². The topological polar surface area (TPSA) is 60.9 Å². The van der Waals surface area contributed by atoms with Crippen LogP contribution >= 0.6 is 11.3 Å². The second-order valence-corrected chi connectivity index (χ2v) is 8.53. The Morgan fingerprint density at radius 2 is 2.24 bits per heavy atom. The van der Waals surface area contributed by atoms with Gasteiger partial charge in [-0.15, -0.1) is 11.3 Å². The minimum absolute atomic E-state index is 0.107. The van der Waals surface area contributed by atoms with Crippen LogP contribution in [0.1, 0.15) is 38.0 Å². The van der Waals surface area contributed by atoms with Crippen LogP contribution in [0.3, 0.4) is 0 Å². The van der Waals surface area contributed by atoms with E-state index in [1.807, 2.05) is 31.4 Å². The molecule has 7 heteroatoms. The third kappa shape index (κ3) is 3.84. The van der Waals surface area contributed by atoms with Gasteiger partial charge >= 0.3 is 0 Å². The van der Waals surface area contributed by atoms with Gasteiger partial charge in [0.2, 0.25) is 0 Å². The van der Waals surface area contributed by atoms with Crippen LogP contribution in [-0.2, 0) is 16.8 Å². The first-order valence-corrected chi connectivity index (χ1v) is 9.66. The van der Waals surface area contributed by atoms with Crippen molar-refractivity contribution < 1.29 is 13.5 Å². The Kier molecular flexibility index (Phi) is 5.79. The van der Waals surface area contributed by atoms with E-state index < -0.39 is 10.2 Å². The molecule has 120 valence electrons. The summed E-state index contributed by atoms with van der Waals surface area (Å²) >= 11 is 1.56. The number of aliphatic hydroxyl groups excluding tert-OH is 1. The molecule has 0 spiro atoms. The molecule has 1 aliphatic heterocycles. The molecule has 0 bridgehead atoms. The lowest BCUT2D eigenvalue weighted by molar-refractivity contribution is 0.145. The smallest absolute Gasteiger partial charge is 0.282 e. The van der Waals surface area contributed by atoms with Gasteiger partial charge in [-0.05, 0) is 38.1 Å². The molecule has 1 unspecified atom stereocenters. The molecule has 0 aliphatic carbocycles. The van der Waals surface area contributed by atoms with Crippen LogP contribution in [0.25, 0.3) is 0 Å². The van der Waals surface area contributed by atoms with E-state index in [9.17, 15) is 13.5 Å². The van der Waals surface area contributed by atoms with Gasteiger partial charge in [-0.25, -0.2) is 0 Å². The fraction of sp³-hybridized carbons (Fsp3) is 0.714. The van der Waals surface area contributed by atoms with Crippen molar-refractivity contribution in [1.29, 1.82) is 0 Å². The highest BCUT2D eigenvalue weighted by Crippen LogP contribution is 2.25. The average Bonchev–Trinajstić information content (AvgIpc) is 2.97. The zero-order chi connectivity index (χ0) is 15.5. The summed E-state index contributed by atoms with van der Waals surface area (Å²) in [7, 11) is -3.55. The molecule has 1 aromatic heterocycles. The molecule has 0 aromatic carbocycles. The summed E-state index contributed by atoms with van der Waals surface area (Å²) in [6, 6.07) is 3.49. The molecular formula is C14H24N2O3S2. The Hall–Kier alpha value is -0.470. The molecule has 0 radical (unpaired) electrons. The molecule has 2 heterocycles. The SMILES string of the molecule is CC(C)N(Cc1cccs1)S(=O)(=O)N1CCCCC1CO. The summed E-state index contributed by atoms with van der Waals surface area (Å²) in [6.45, 7) is 4.57. The summed E-state index contributed by atoms with van der Waals surface area (Å²) in [5.41, 5.74) is 0. The maximum Gasteiger partial charge on any atom is 0.282 e. The quantitative estimate of drug-likeness (QED) is 0.867. The normalized spacial score (nSPS) is 21.3. The van der Waals surface area contributed by atoms with E-state index in [2.05, 4.69) is 0 Å². The minimum atomic E-state index is -3.55. The molecule has 1 N–H and O–H groups in total. The molecule has 1 aliphatic rings. The van der Waals surface area contributed by atoms with Crippen molar-refractivity contribution in [3.63, 3.8) is 0 Å². The predicted octanol–water partition coefficient (Wildman–Crippen LogP) is 2.05. The van der Waals surface area contributed by atoms with E-state index in [0.29, 0.717) is 13.1 Å². The third-order valence-electron chi connectivity index (χ3n) is 3.84. The second kappa shape index (κ2) is 7.19. The molecule has 0 saturated carbocycles. The van der Waals surface area contributed by atoms with E-state index in [1.165, 1.54) is 8.61 Å². The number of thiophene rings is 1. The van der Waals surface area contributed by atoms with E-state index >= 15 is 0 Å². The molecular weight excluding hydrogens is 308 g/mol. The number of hydrogen-bond donors (Lipinski definition) is 1. The Labute approximate surface area is 131 Å². The lowest BCUT2D eigenvalue weighted by Crippen LogP contribution is -2.53. The monoisotopic (exact) mass is 332 g/mol. The van der Waals surface area contributed by atoms with E-state index in [-0.39, 0.29) is 18.7 Å². The standard InChI is InChI=1S/C14H24N2O3S2/c1-12(2)16(10-14-7-5-9-20-14)21(18,19)15-8-4-3-6-13(15)11-17/h5,7,9,12-13,17H,3-4,6,8,10-11H2,1-2H3. The molecule has 2 rings (SSSR count). The Morgan fingerprint density at radius 3 is 2.81 bits per heavy atom. The van der Waals surface area contributed by atoms with Gasteiger partial charge in [0.15, 0.2) is 0 Å². The Bertz CT molecular complexity index is 528. The molecule has 1 saturated heterocycles. The lowest BCUT2D eigenvalue weighted by atomic mass is 10.1. The van der Waals surface area contributed by atoms with Gasteiger partial charge in [0.25, 0.3) is 10.2 Å². The van der Waals surface area contributed by atoms with Gasteiger partial charge in [0.1, 0.15) is 0 Å². The summed E-state index contributed by atoms with van der Waals surface area (Å²) < 4.78 is 29.0. The largest absolute Gasteiger partial charge is 0.395 e. The van der Waals surface area contributed by atoms with E-state index in [1.54, 1.807) is 11.3 Å². The highest BCUT2D eigenvalue weighted by atomic mass is 32.2. The maximum atomic E-state index is 13.0. The van der Waals surface area contributed by atoms with E-state index in [4.69, 9.17) is 0 Å². The maximum absolute atomic E-state index is 13.0. The van der Waals surface area contributed by atoms with Gasteiger partial charge in [0, 0.05) is 30.1 Å². The number of rotatable bonds is 6. The fourth-order valence-corrected chi connectivity index (χ4v) is 5.48. The Balaban J connectivity index is 2.24. The third-order valence-corrected chi connectivity index (χ3v) is 6.92. The first-order valence-electron chi connectivity index (χ1n) is 7.38. The van der Waals surface area contributed by atoms with Gasteiger partial charge in [-0.3, -0.25) is 0 Å². The average molecular weight is 332 g/mol.